The summed E-state index contributed by atoms with van der Waals surface area (Å²) in [5.74, 6) is 0. The van der Waals surface area contributed by atoms with Crippen LogP contribution in [-0.4, -0.2) is 31.6 Å². The smallest absolute Gasteiger partial charge is 0.315 e. The van der Waals surface area contributed by atoms with Gasteiger partial charge in [-0.25, -0.2) is 4.79 Å². The summed E-state index contributed by atoms with van der Waals surface area (Å²) < 4.78 is 3.76. The molecule has 0 bridgehead atoms. The molecular formula is C17H28N6O. The van der Waals surface area contributed by atoms with E-state index >= 15 is 0 Å². The summed E-state index contributed by atoms with van der Waals surface area (Å²) >= 11 is 0. The number of rotatable bonds is 6. The summed E-state index contributed by atoms with van der Waals surface area (Å²) in [6, 6.07) is 2.09. The standard InChI is InChI=1S/C17H28N6O/c1-11(2)23-8-7-15(21-23)10-18-17(24)19-12(3)9-16-13(4)20-22(6)14(16)5/h7-8,11-12H,9-10H2,1-6H3,(H2,18,19,24)/t12-/m1/s1. The van der Waals surface area contributed by atoms with E-state index in [4.69, 9.17) is 0 Å². The van der Waals surface area contributed by atoms with Crippen molar-refractivity contribution in [2.45, 2.75) is 59.7 Å². The lowest BCUT2D eigenvalue weighted by Gasteiger charge is -2.15. The van der Waals surface area contributed by atoms with E-state index in [0.29, 0.717) is 12.6 Å². The third kappa shape index (κ3) is 4.37. The van der Waals surface area contributed by atoms with Crippen LogP contribution in [-0.2, 0) is 20.0 Å². The molecule has 0 aliphatic rings. The van der Waals surface area contributed by atoms with Crippen LogP contribution in [0.4, 0.5) is 4.79 Å². The Labute approximate surface area is 143 Å². The van der Waals surface area contributed by atoms with Crippen LogP contribution in [0.15, 0.2) is 12.3 Å². The van der Waals surface area contributed by atoms with Gasteiger partial charge < -0.3 is 10.6 Å². The molecule has 0 fully saturated rings. The normalized spacial score (nSPS) is 12.5. The van der Waals surface area contributed by atoms with Crippen molar-refractivity contribution in [3.05, 3.63) is 34.9 Å². The molecule has 2 aromatic heterocycles. The molecule has 0 aromatic carbocycles. The second-order valence-corrected chi connectivity index (χ2v) is 6.59. The molecule has 1 atom stereocenters. The average molecular weight is 332 g/mol. The largest absolute Gasteiger partial charge is 0.335 e. The molecule has 7 nitrogen and oxygen atoms in total. The molecule has 7 heteroatoms. The second kappa shape index (κ2) is 7.51. The van der Waals surface area contributed by atoms with Gasteiger partial charge >= 0.3 is 6.03 Å². The van der Waals surface area contributed by atoms with Crippen LogP contribution >= 0.6 is 0 Å². The van der Waals surface area contributed by atoms with Gasteiger partial charge in [0.2, 0.25) is 0 Å². The van der Waals surface area contributed by atoms with Crippen molar-refractivity contribution in [2.75, 3.05) is 0 Å². The third-order valence-electron chi connectivity index (χ3n) is 4.17. The van der Waals surface area contributed by atoms with Crippen molar-refractivity contribution in [2.24, 2.45) is 7.05 Å². The van der Waals surface area contributed by atoms with Crippen molar-refractivity contribution >= 4 is 6.03 Å². The lowest BCUT2D eigenvalue weighted by atomic mass is 10.1. The van der Waals surface area contributed by atoms with Gasteiger partial charge in [-0.05, 0) is 52.7 Å². The van der Waals surface area contributed by atoms with E-state index in [1.165, 1.54) is 5.56 Å². The van der Waals surface area contributed by atoms with E-state index in [1.807, 2.05) is 49.4 Å². The zero-order chi connectivity index (χ0) is 17.9. The monoisotopic (exact) mass is 332 g/mol. The number of hydrogen-bond donors (Lipinski definition) is 2. The number of urea groups is 1. The van der Waals surface area contributed by atoms with Gasteiger partial charge in [0.1, 0.15) is 0 Å². The lowest BCUT2D eigenvalue weighted by molar-refractivity contribution is 0.237. The van der Waals surface area contributed by atoms with Gasteiger partial charge in [-0.3, -0.25) is 9.36 Å². The number of amides is 2. The predicted octanol–water partition coefficient (Wildman–Crippen LogP) is 2.24. The fourth-order valence-electron chi connectivity index (χ4n) is 2.68. The van der Waals surface area contributed by atoms with Gasteiger partial charge in [0.15, 0.2) is 0 Å². The summed E-state index contributed by atoms with van der Waals surface area (Å²) in [5, 5.41) is 14.7. The number of hydrogen-bond acceptors (Lipinski definition) is 3. The molecule has 2 rings (SSSR count). The van der Waals surface area contributed by atoms with Crippen molar-refractivity contribution in [3.63, 3.8) is 0 Å². The number of nitrogens with one attached hydrogen (secondary N) is 2. The highest BCUT2D eigenvalue weighted by Crippen LogP contribution is 2.14. The molecule has 0 aliphatic carbocycles. The SMILES string of the molecule is Cc1nn(C)c(C)c1C[C@@H](C)NC(=O)NCc1ccn(C(C)C)n1. The minimum absolute atomic E-state index is 0.0276. The minimum atomic E-state index is -0.180. The maximum absolute atomic E-state index is 12.1. The Morgan fingerprint density at radius 2 is 1.96 bits per heavy atom. The van der Waals surface area contributed by atoms with E-state index in [0.717, 1.165) is 23.5 Å². The van der Waals surface area contributed by atoms with Gasteiger partial charge in [-0.2, -0.15) is 10.2 Å². The average Bonchev–Trinajstić information content (AvgIpc) is 3.06. The van der Waals surface area contributed by atoms with Crippen LogP contribution < -0.4 is 10.6 Å². The lowest BCUT2D eigenvalue weighted by Crippen LogP contribution is -2.41. The minimum Gasteiger partial charge on any atom is -0.335 e. The van der Waals surface area contributed by atoms with E-state index in [2.05, 4.69) is 34.7 Å². The first-order valence-corrected chi connectivity index (χ1v) is 8.35. The molecule has 0 aliphatic heterocycles. The van der Waals surface area contributed by atoms with Crippen molar-refractivity contribution in [1.29, 1.82) is 0 Å². The summed E-state index contributed by atoms with van der Waals surface area (Å²) in [6.07, 6.45) is 2.69. The Morgan fingerprint density at radius 1 is 1.25 bits per heavy atom. The number of aromatic nitrogens is 4. The Hall–Kier alpha value is -2.31. The molecule has 2 N–H and O–H groups in total. The molecule has 0 saturated carbocycles. The van der Waals surface area contributed by atoms with Gasteiger partial charge in [0, 0.05) is 31.0 Å². The van der Waals surface area contributed by atoms with Crippen molar-refractivity contribution < 1.29 is 4.79 Å². The molecular weight excluding hydrogens is 304 g/mol. The maximum Gasteiger partial charge on any atom is 0.315 e. The Kier molecular flexibility index (Phi) is 5.64. The predicted molar refractivity (Wildman–Crippen MR) is 93.8 cm³/mol. The van der Waals surface area contributed by atoms with E-state index in [1.54, 1.807) is 0 Å². The van der Waals surface area contributed by atoms with Crippen molar-refractivity contribution in [1.82, 2.24) is 30.2 Å². The van der Waals surface area contributed by atoms with Crippen LogP contribution in [0.25, 0.3) is 0 Å². The first-order valence-electron chi connectivity index (χ1n) is 8.35. The van der Waals surface area contributed by atoms with Gasteiger partial charge in [0.05, 0.1) is 17.9 Å². The molecule has 2 heterocycles. The zero-order valence-electron chi connectivity index (χ0n) is 15.4. The quantitative estimate of drug-likeness (QED) is 0.852. The molecule has 0 spiro atoms. The summed E-state index contributed by atoms with van der Waals surface area (Å²) in [6.45, 7) is 10.6. The van der Waals surface area contributed by atoms with Crippen LogP contribution in [0.2, 0.25) is 0 Å². The second-order valence-electron chi connectivity index (χ2n) is 6.59. The number of carbonyl (C=O) groups is 1. The van der Waals surface area contributed by atoms with E-state index in [-0.39, 0.29) is 12.1 Å². The summed E-state index contributed by atoms with van der Waals surface area (Å²) in [4.78, 5) is 12.1. The number of nitrogens with zero attached hydrogens (tertiary/aromatic N) is 4. The summed E-state index contributed by atoms with van der Waals surface area (Å²) in [7, 11) is 1.94. The highest BCUT2D eigenvalue weighted by Gasteiger charge is 2.14. The van der Waals surface area contributed by atoms with Crippen LogP contribution in [0, 0.1) is 13.8 Å². The Bertz CT molecular complexity index is 700. The first-order chi connectivity index (χ1) is 11.3. The maximum atomic E-state index is 12.1. The fraction of sp³-hybridized carbons (Fsp3) is 0.588. The number of carbonyl (C=O) groups excluding carboxylic acids is 1. The van der Waals surface area contributed by atoms with E-state index < -0.39 is 0 Å². The van der Waals surface area contributed by atoms with Crippen LogP contribution in [0.1, 0.15) is 49.5 Å². The molecule has 0 saturated heterocycles. The van der Waals surface area contributed by atoms with Gasteiger partial charge in [-0.15, -0.1) is 0 Å². The summed E-state index contributed by atoms with van der Waals surface area (Å²) in [5.41, 5.74) is 4.20. The van der Waals surface area contributed by atoms with Gasteiger partial charge in [0.25, 0.3) is 0 Å². The van der Waals surface area contributed by atoms with Gasteiger partial charge in [-0.1, -0.05) is 0 Å². The molecule has 0 unspecified atom stereocenters. The molecule has 24 heavy (non-hydrogen) atoms. The highest BCUT2D eigenvalue weighted by atomic mass is 16.2. The Balaban J connectivity index is 1.83. The fourth-order valence-corrected chi connectivity index (χ4v) is 2.68. The molecule has 132 valence electrons. The Morgan fingerprint density at radius 3 is 2.50 bits per heavy atom. The van der Waals surface area contributed by atoms with E-state index in [9.17, 15) is 4.79 Å². The van der Waals surface area contributed by atoms with Crippen LogP contribution in [0.5, 0.6) is 0 Å². The third-order valence-corrected chi connectivity index (χ3v) is 4.17. The molecule has 2 amide bonds. The highest BCUT2D eigenvalue weighted by molar-refractivity contribution is 5.74. The molecule has 2 aromatic rings. The van der Waals surface area contributed by atoms with Crippen molar-refractivity contribution in [3.8, 4) is 0 Å². The molecule has 0 radical (unpaired) electrons. The van der Waals surface area contributed by atoms with Crippen LogP contribution in [0.3, 0.4) is 0 Å². The number of aryl methyl sites for hydroxylation is 2. The topological polar surface area (TPSA) is 76.8 Å². The first kappa shape index (κ1) is 18.0. The zero-order valence-corrected chi connectivity index (χ0v) is 15.4.